The number of benzene rings is 1. The number of anilines is 2. The van der Waals surface area contributed by atoms with Crippen molar-refractivity contribution in [2.75, 3.05) is 17.8 Å². The van der Waals surface area contributed by atoms with E-state index in [1.807, 2.05) is 18.2 Å². The monoisotopic (exact) mass is 359 g/mol. The van der Waals surface area contributed by atoms with Crippen LogP contribution in [0.2, 0.25) is 0 Å². The third-order valence-corrected chi connectivity index (χ3v) is 3.71. The van der Waals surface area contributed by atoms with Gasteiger partial charge >= 0.3 is 0 Å². The third-order valence-electron chi connectivity index (χ3n) is 2.96. The first-order valence-electron chi connectivity index (χ1n) is 6.29. The Bertz CT molecular complexity index is 615. The summed E-state index contributed by atoms with van der Waals surface area (Å²) in [4.78, 5) is 0. The lowest BCUT2D eigenvalue weighted by molar-refractivity contribution is 0.141. The minimum absolute atomic E-state index is 0.113. The Balaban J connectivity index is 2.14. The molecule has 0 spiro atoms. The average molecular weight is 360 g/mol. The second-order valence-electron chi connectivity index (χ2n) is 4.37. The second kappa shape index (κ2) is 6.86. The van der Waals surface area contributed by atoms with Crippen molar-refractivity contribution in [1.82, 2.24) is 15.2 Å². The molecule has 0 saturated heterocycles. The molecule has 0 unspecified atom stereocenters. The van der Waals surface area contributed by atoms with Crippen LogP contribution in [0.1, 0.15) is 17.7 Å². The van der Waals surface area contributed by atoms with E-state index in [1.54, 1.807) is 7.05 Å². The van der Waals surface area contributed by atoms with E-state index in [1.165, 1.54) is 17.8 Å². The van der Waals surface area contributed by atoms with Gasteiger partial charge < -0.3 is 10.7 Å². The van der Waals surface area contributed by atoms with E-state index >= 15 is 0 Å². The Morgan fingerprint density at radius 3 is 2.76 bits per heavy atom. The Hall–Kier alpha value is -1.67. The van der Waals surface area contributed by atoms with Gasteiger partial charge in [0.15, 0.2) is 0 Å². The summed E-state index contributed by atoms with van der Waals surface area (Å²) in [5, 5.41) is 7.08. The van der Waals surface area contributed by atoms with Gasteiger partial charge in [-0.15, -0.1) is 0 Å². The van der Waals surface area contributed by atoms with Crippen molar-refractivity contribution in [1.29, 1.82) is 0 Å². The van der Waals surface area contributed by atoms with Crippen molar-refractivity contribution in [3.8, 4) is 0 Å². The van der Waals surface area contributed by atoms with Crippen LogP contribution in [0.15, 0.2) is 28.7 Å². The lowest BCUT2D eigenvalue weighted by Crippen LogP contribution is -2.17. The maximum atomic E-state index is 12.7. The van der Waals surface area contributed by atoms with Gasteiger partial charge in [-0.3, -0.25) is 4.68 Å². The molecule has 0 radical (unpaired) electrons. The van der Waals surface area contributed by atoms with Gasteiger partial charge in [0.05, 0.1) is 5.69 Å². The highest BCUT2D eigenvalue weighted by Crippen LogP contribution is 2.26. The van der Waals surface area contributed by atoms with Crippen molar-refractivity contribution in [3.05, 3.63) is 40.0 Å². The molecular weight excluding hydrogens is 344 g/mol. The van der Waals surface area contributed by atoms with E-state index in [0.29, 0.717) is 12.4 Å². The third kappa shape index (κ3) is 3.70. The number of aromatic nitrogens is 2. The number of rotatable bonds is 6. The van der Waals surface area contributed by atoms with Gasteiger partial charge in [0, 0.05) is 36.7 Å². The van der Waals surface area contributed by atoms with Crippen LogP contribution >= 0.6 is 15.9 Å². The van der Waals surface area contributed by atoms with E-state index in [2.05, 4.69) is 37.2 Å². The maximum absolute atomic E-state index is 12.7. The molecule has 8 heteroatoms. The van der Waals surface area contributed by atoms with Gasteiger partial charge in [-0.25, -0.2) is 14.2 Å². The van der Waals surface area contributed by atoms with E-state index in [9.17, 15) is 8.78 Å². The summed E-state index contributed by atoms with van der Waals surface area (Å²) in [6, 6.07) is 7.09. The summed E-state index contributed by atoms with van der Waals surface area (Å²) in [6.07, 6.45) is -2.54. The van der Waals surface area contributed by atoms with Gasteiger partial charge in [-0.05, 0) is 12.1 Å². The molecule has 114 valence electrons. The number of nitrogens with zero attached hydrogens (tertiary/aromatic N) is 2. The Labute approximate surface area is 129 Å². The summed E-state index contributed by atoms with van der Waals surface area (Å²) < 4.78 is 27.5. The number of hydrazine groups is 1. The van der Waals surface area contributed by atoms with Crippen LogP contribution in [0.4, 0.5) is 20.3 Å². The van der Waals surface area contributed by atoms with Crippen LogP contribution in [0.25, 0.3) is 0 Å². The molecule has 21 heavy (non-hydrogen) atoms. The smallest absolute Gasteiger partial charge is 0.280 e. The summed E-state index contributed by atoms with van der Waals surface area (Å²) in [6.45, 7) is 0.450. The molecule has 1 aromatic carbocycles. The number of hydrogen-bond acceptors (Lipinski definition) is 4. The summed E-state index contributed by atoms with van der Waals surface area (Å²) in [5.41, 5.74) is 7.63. The molecule has 1 aromatic heterocycles. The van der Waals surface area contributed by atoms with Crippen LogP contribution in [0.3, 0.4) is 0 Å². The predicted molar refractivity (Wildman–Crippen MR) is 82.3 cm³/mol. The molecule has 2 rings (SSSR count). The zero-order chi connectivity index (χ0) is 15.4. The quantitative estimate of drug-likeness (QED) is 0.692. The molecule has 0 aliphatic heterocycles. The highest BCUT2D eigenvalue weighted by atomic mass is 79.9. The predicted octanol–water partition coefficient (Wildman–Crippen LogP) is 3.28. The number of alkyl halides is 2. The van der Waals surface area contributed by atoms with Crippen molar-refractivity contribution >= 4 is 27.4 Å². The van der Waals surface area contributed by atoms with Gasteiger partial charge in [0.2, 0.25) is 0 Å². The van der Waals surface area contributed by atoms with Crippen molar-refractivity contribution in [3.63, 3.8) is 0 Å². The number of halogens is 3. The number of hydrogen-bond donors (Lipinski definition) is 3. The molecular formula is C13H16BrF2N5. The van der Waals surface area contributed by atoms with Gasteiger partial charge in [0.1, 0.15) is 11.5 Å². The fourth-order valence-corrected chi connectivity index (χ4v) is 2.45. The van der Waals surface area contributed by atoms with E-state index < -0.39 is 6.43 Å². The van der Waals surface area contributed by atoms with Crippen LogP contribution in [-0.2, 0) is 13.6 Å². The molecule has 1 heterocycles. The number of nitrogens with one attached hydrogen (secondary N) is 3. The first-order chi connectivity index (χ1) is 10.0. The summed E-state index contributed by atoms with van der Waals surface area (Å²) in [5.74, 6) is 0.416. The largest absolute Gasteiger partial charge is 0.364 e. The molecule has 0 bridgehead atoms. The molecule has 0 aliphatic rings. The average Bonchev–Trinajstić information content (AvgIpc) is 2.80. The minimum atomic E-state index is -2.54. The molecule has 0 amide bonds. The topological polar surface area (TPSA) is 53.9 Å². The van der Waals surface area contributed by atoms with Gasteiger partial charge in [-0.2, -0.15) is 5.10 Å². The van der Waals surface area contributed by atoms with Crippen LogP contribution in [-0.4, -0.2) is 16.8 Å². The zero-order valence-electron chi connectivity index (χ0n) is 11.6. The molecule has 2 aromatic rings. The molecule has 0 saturated carbocycles. The van der Waals surface area contributed by atoms with Crippen molar-refractivity contribution in [2.24, 2.45) is 7.05 Å². The first-order valence-corrected chi connectivity index (χ1v) is 7.08. The first kappa shape index (κ1) is 15.7. The van der Waals surface area contributed by atoms with Crippen molar-refractivity contribution < 1.29 is 8.78 Å². The molecule has 0 atom stereocenters. The molecule has 5 nitrogen and oxygen atoms in total. The highest BCUT2D eigenvalue weighted by Gasteiger charge is 2.15. The zero-order valence-corrected chi connectivity index (χ0v) is 13.2. The Morgan fingerprint density at radius 2 is 2.14 bits per heavy atom. The fraction of sp³-hybridized carbons (Fsp3) is 0.308. The van der Waals surface area contributed by atoms with E-state index in [4.69, 9.17) is 0 Å². The van der Waals surface area contributed by atoms with Gasteiger partial charge in [-0.1, -0.05) is 22.0 Å². The minimum Gasteiger partial charge on any atom is -0.364 e. The fourth-order valence-electron chi connectivity index (χ4n) is 1.94. The van der Waals surface area contributed by atoms with Crippen LogP contribution < -0.4 is 16.2 Å². The molecule has 0 aliphatic carbocycles. The van der Waals surface area contributed by atoms with Gasteiger partial charge in [0.25, 0.3) is 6.43 Å². The van der Waals surface area contributed by atoms with E-state index in [-0.39, 0.29) is 5.69 Å². The highest BCUT2D eigenvalue weighted by molar-refractivity contribution is 9.10. The number of aryl methyl sites for hydroxylation is 1. The Kier molecular flexibility index (Phi) is 5.13. The molecule has 3 N–H and O–H groups in total. The van der Waals surface area contributed by atoms with Crippen LogP contribution in [0, 0.1) is 0 Å². The molecule has 0 fully saturated rings. The second-order valence-corrected chi connectivity index (χ2v) is 5.23. The normalized spacial score (nSPS) is 11.0. The summed E-state index contributed by atoms with van der Waals surface area (Å²) in [7, 11) is 3.27. The van der Waals surface area contributed by atoms with E-state index in [0.717, 1.165) is 15.7 Å². The standard InChI is InChI=1S/C13H16BrF2N5/c1-17-19-10-5-3-4-9(14)8(10)7-18-12-6-11(13(15)16)21(2)20-12/h3-6,13,17,19H,7H2,1-2H3,(H,18,20). The van der Waals surface area contributed by atoms with Crippen molar-refractivity contribution in [2.45, 2.75) is 13.0 Å². The lowest BCUT2D eigenvalue weighted by Gasteiger charge is -2.13. The summed E-state index contributed by atoms with van der Waals surface area (Å²) >= 11 is 3.48. The lowest BCUT2D eigenvalue weighted by atomic mass is 10.2. The Morgan fingerprint density at radius 1 is 1.38 bits per heavy atom. The van der Waals surface area contributed by atoms with Crippen LogP contribution in [0.5, 0.6) is 0 Å². The maximum Gasteiger partial charge on any atom is 0.280 e. The SMILES string of the molecule is CNNc1cccc(Br)c1CNc1cc(C(F)F)n(C)n1.